The van der Waals surface area contributed by atoms with Gasteiger partial charge >= 0.3 is 6.09 Å². The first-order valence-electron chi connectivity index (χ1n) is 12.0. The maximum atomic E-state index is 13.4. The van der Waals surface area contributed by atoms with E-state index in [2.05, 4.69) is 62.4 Å². The van der Waals surface area contributed by atoms with E-state index in [0.29, 0.717) is 31.4 Å². The van der Waals surface area contributed by atoms with Crippen molar-refractivity contribution in [1.29, 1.82) is 0 Å². The second-order valence-corrected chi connectivity index (χ2v) is 15.3. The molecule has 2 aromatic rings. The number of nitrogens with zero attached hydrogens (tertiary/aromatic N) is 2. The van der Waals surface area contributed by atoms with Crippen molar-refractivity contribution in [2.24, 2.45) is 10.9 Å². The van der Waals surface area contributed by atoms with Crippen molar-refractivity contribution in [3.8, 4) is 0 Å². The lowest BCUT2D eigenvalue weighted by Gasteiger charge is -2.30. The monoisotopic (exact) mass is 498 g/mol. The zero-order valence-electron chi connectivity index (χ0n) is 20.7. The van der Waals surface area contributed by atoms with E-state index in [0.717, 1.165) is 0 Å². The van der Waals surface area contributed by atoms with Gasteiger partial charge in [-0.25, -0.2) is 9.79 Å². The highest BCUT2D eigenvalue weighted by Gasteiger charge is 2.48. The third-order valence-corrected chi connectivity index (χ3v) is 12.1. The molecule has 1 saturated heterocycles. The normalized spacial score (nSPS) is 23.1. The molecule has 3 atom stereocenters. The number of amides is 1. The number of aliphatic imine (C=N–C) groups is 1. The lowest BCUT2D eigenvalue weighted by Crippen LogP contribution is -2.43. The van der Waals surface area contributed by atoms with Gasteiger partial charge < -0.3 is 9.47 Å². The zero-order valence-corrected chi connectivity index (χ0v) is 22.4. The third-order valence-electron chi connectivity index (χ3n) is 6.45. The first-order chi connectivity index (χ1) is 16.1. The number of hydrogen-bond acceptors (Lipinski definition) is 5. The number of carbonyl (C=O) groups excluding carboxylic acids is 1. The van der Waals surface area contributed by atoms with Crippen LogP contribution in [0.15, 0.2) is 65.7 Å². The maximum absolute atomic E-state index is 13.4. The Balaban J connectivity index is 1.75. The van der Waals surface area contributed by atoms with Crippen LogP contribution in [0.2, 0.25) is 0 Å². The predicted octanol–water partition coefficient (Wildman–Crippen LogP) is 4.95. The molecule has 0 N–H and O–H groups in total. The summed E-state index contributed by atoms with van der Waals surface area (Å²) in [7, 11) is 0. The van der Waals surface area contributed by atoms with Crippen molar-refractivity contribution in [3.63, 3.8) is 0 Å². The van der Waals surface area contributed by atoms with Gasteiger partial charge in [0.2, 0.25) is 5.90 Å². The molecule has 1 amide bonds. The van der Waals surface area contributed by atoms with Crippen LogP contribution >= 0.6 is 6.04 Å². The summed E-state index contributed by atoms with van der Waals surface area (Å²) in [6.07, 6.45) is 0.381. The molecule has 2 aliphatic rings. The molecule has 0 aliphatic carbocycles. The quantitative estimate of drug-likeness (QED) is 0.548. The van der Waals surface area contributed by atoms with Crippen molar-refractivity contribution in [2.75, 3.05) is 13.2 Å². The van der Waals surface area contributed by atoms with Crippen molar-refractivity contribution in [2.45, 2.75) is 64.4 Å². The first-order valence-corrected chi connectivity index (χ1v) is 14.9. The number of likely N-dealkylation sites (tertiary alicyclic amines) is 1. The Labute approximate surface area is 208 Å². The maximum Gasteiger partial charge on any atom is 0.410 e. The summed E-state index contributed by atoms with van der Waals surface area (Å²) in [6.45, 7) is 11.1. The van der Waals surface area contributed by atoms with Gasteiger partial charge in [0.15, 0.2) is 0 Å². The van der Waals surface area contributed by atoms with Crippen molar-refractivity contribution in [3.05, 3.63) is 60.7 Å². The predicted molar refractivity (Wildman–Crippen MR) is 144 cm³/mol. The molecule has 4 rings (SSSR count). The lowest BCUT2D eigenvalue weighted by molar-refractivity contribution is 0.0254. The Morgan fingerprint density at radius 3 is 2.12 bits per heavy atom. The Kier molecular flexibility index (Phi) is 7.21. The molecule has 5 nitrogen and oxygen atoms in total. The van der Waals surface area contributed by atoms with Gasteiger partial charge in [-0.1, -0.05) is 86.3 Å². The Hall–Kier alpha value is -2.17. The van der Waals surface area contributed by atoms with Crippen molar-refractivity contribution in [1.82, 2.24) is 4.90 Å². The van der Waals surface area contributed by atoms with Gasteiger partial charge in [0.25, 0.3) is 0 Å². The highest BCUT2D eigenvalue weighted by atomic mass is 32.4. The summed E-state index contributed by atoms with van der Waals surface area (Å²) >= 11 is 6.59. The Bertz CT molecular complexity index is 1040. The summed E-state index contributed by atoms with van der Waals surface area (Å²) in [5.74, 6) is 1.03. The minimum Gasteiger partial charge on any atom is -0.477 e. The first kappa shape index (κ1) is 24.9. The van der Waals surface area contributed by atoms with Crippen LogP contribution in [0.25, 0.3) is 0 Å². The highest BCUT2D eigenvalue weighted by Crippen LogP contribution is 2.53. The van der Waals surface area contributed by atoms with Crippen LogP contribution in [0.4, 0.5) is 4.79 Å². The summed E-state index contributed by atoms with van der Waals surface area (Å²) in [5, 5.41) is 2.33. The van der Waals surface area contributed by atoms with E-state index in [1.807, 2.05) is 37.8 Å². The molecule has 0 radical (unpaired) electrons. The zero-order chi connectivity index (χ0) is 24.5. The van der Waals surface area contributed by atoms with Gasteiger partial charge in [-0.2, -0.15) is 0 Å². The van der Waals surface area contributed by atoms with Gasteiger partial charge in [0.05, 0.1) is 6.04 Å². The van der Waals surface area contributed by atoms with E-state index in [1.165, 1.54) is 10.6 Å². The van der Waals surface area contributed by atoms with Crippen LogP contribution in [-0.4, -0.2) is 53.4 Å². The van der Waals surface area contributed by atoms with Crippen molar-refractivity contribution >= 4 is 40.4 Å². The molecule has 0 aromatic heterocycles. The largest absolute Gasteiger partial charge is 0.477 e. The molecule has 7 heteroatoms. The SMILES string of the molecule is CC(C)[C@@H]1COC([C@@H]2C[C@H](P(=S)(c3ccccc3)c3ccccc3)CN2C(=O)OC(C)(C)C)=N1. The summed E-state index contributed by atoms with van der Waals surface area (Å²) in [6, 6.07) is 18.4. The van der Waals surface area contributed by atoms with Crippen molar-refractivity contribution < 1.29 is 14.3 Å². The van der Waals surface area contributed by atoms with Crippen LogP contribution in [0.1, 0.15) is 41.0 Å². The van der Waals surface area contributed by atoms with E-state index < -0.39 is 11.6 Å². The van der Waals surface area contributed by atoms with E-state index >= 15 is 0 Å². The van der Waals surface area contributed by atoms with Crippen LogP contribution < -0.4 is 10.6 Å². The van der Waals surface area contributed by atoms with Gasteiger partial charge in [0.1, 0.15) is 18.2 Å². The van der Waals surface area contributed by atoms with Crippen LogP contribution in [0.5, 0.6) is 0 Å². The second-order valence-electron chi connectivity index (χ2n) is 10.5. The Morgan fingerprint density at radius 2 is 1.65 bits per heavy atom. The topological polar surface area (TPSA) is 51.1 Å². The fourth-order valence-corrected chi connectivity index (χ4v) is 9.10. The van der Waals surface area contributed by atoms with E-state index in [-0.39, 0.29) is 23.8 Å². The molecule has 2 heterocycles. The molecule has 0 spiro atoms. The molecule has 182 valence electrons. The van der Waals surface area contributed by atoms with Gasteiger partial charge in [-0.3, -0.25) is 4.90 Å². The average molecular weight is 499 g/mol. The van der Waals surface area contributed by atoms with E-state index in [9.17, 15) is 4.79 Å². The average Bonchev–Trinajstić information content (AvgIpc) is 3.46. The fourth-order valence-electron chi connectivity index (χ4n) is 4.64. The number of hydrogen-bond donors (Lipinski definition) is 0. The molecule has 0 bridgehead atoms. The lowest BCUT2D eigenvalue weighted by atomic mass is 10.1. The summed E-state index contributed by atoms with van der Waals surface area (Å²) < 4.78 is 11.9. The molecule has 0 saturated carbocycles. The van der Waals surface area contributed by atoms with Crippen LogP contribution in [0, 0.1) is 5.92 Å². The Morgan fingerprint density at radius 1 is 1.09 bits per heavy atom. The molecule has 2 aromatic carbocycles. The van der Waals surface area contributed by atoms with E-state index in [1.54, 1.807) is 0 Å². The van der Waals surface area contributed by atoms with Gasteiger partial charge in [0, 0.05) is 18.2 Å². The number of carbonyl (C=O) groups is 1. The van der Waals surface area contributed by atoms with E-state index in [4.69, 9.17) is 26.3 Å². The minimum atomic E-state index is -2.24. The molecular weight excluding hydrogens is 463 g/mol. The minimum absolute atomic E-state index is 0.0919. The number of rotatable bonds is 5. The summed E-state index contributed by atoms with van der Waals surface area (Å²) in [5.41, 5.74) is -0.494. The summed E-state index contributed by atoms with van der Waals surface area (Å²) in [4.78, 5) is 20.1. The van der Waals surface area contributed by atoms with Gasteiger partial charge in [-0.15, -0.1) is 0 Å². The van der Waals surface area contributed by atoms with Crippen LogP contribution in [0.3, 0.4) is 0 Å². The fraction of sp³-hybridized carbons (Fsp3) is 0.481. The standard InChI is InChI=1S/C27H35N2O3PS/c1-19(2)23-18-31-25(28-23)24-16-22(17-29(24)26(30)32-27(3,4)5)33(34,20-12-8-6-9-13-20)21-14-10-7-11-15-21/h6-15,19,22-24H,16-18H2,1-5H3/t22-,23-,24-/m0/s1. The van der Waals surface area contributed by atoms with Crippen LogP contribution in [-0.2, 0) is 21.3 Å². The smallest absolute Gasteiger partial charge is 0.410 e. The van der Waals surface area contributed by atoms with Gasteiger partial charge in [-0.05, 0) is 43.7 Å². The molecule has 0 unspecified atom stereocenters. The highest BCUT2D eigenvalue weighted by molar-refractivity contribution is 8.22. The number of benzene rings is 2. The molecule has 1 fully saturated rings. The third kappa shape index (κ3) is 5.08. The molecule has 34 heavy (non-hydrogen) atoms. The second kappa shape index (κ2) is 9.83. The molecule has 2 aliphatic heterocycles. The number of ether oxygens (including phenoxy) is 2. The molecular formula is C27H35N2O3PS.